The predicted molar refractivity (Wildman–Crippen MR) is 111 cm³/mol. The molecule has 30 heavy (non-hydrogen) atoms. The van der Waals surface area contributed by atoms with Crippen LogP contribution in [0.15, 0.2) is 36.4 Å². The van der Waals surface area contributed by atoms with Crippen LogP contribution in [-0.2, 0) is 13.0 Å². The fraction of sp³-hybridized carbons (Fsp3) is 0.478. The average Bonchev–Trinajstić information content (AvgIpc) is 3.08. The van der Waals surface area contributed by atoms with E-state index in [4.69, 9.17) is 0 Å². The summed E-state index contributed by atoms with van der Waals surface area (Å²) in [6, 6.07) is 10.7. The molecule has 2 aromatic rings. The van der Waals surface area contributed by atoms with E-state index >= 15 is 0 Å². The topological polar surface area (TPSA) is 36.5 Å². The highest BCUT2D eigenvalue weighted by molar-refractivity contribution is 5.71. The third-order valence-electron chi connectivity index (χ3n) is 6.74. The molecular formula is C23H26F3N3O. The molecule has 2 atom stereocenters. The van der Waals surface area contributed by atoms with Gasteiger partial charge in [-0.05, 0) is 42.2 Å². The molecule has 2 aromatic carbocycles. The molecule has 0 saturated carbocycles. The molecule has 0 aromatic heterocycles. The first kappa shape index (κ1) is 19.5. The highest BCUT2D eigenvalue weighted by atomic mass is 19.4. The quantitative estimate of drug-likeness (QED) is 0.759. The molecule has 7 heteroatoms. The van der Waals surface area contributed by atoms with Crippen molar-refractivity contribution in [2.75, 3.05) is 36.4 Å². The van der Waals surface area contributed by atoms with Crippen molar-refractivity contribution in [1.29, 1.82) is 0 Å². The standard InChI is InChI=1S/C23H26F3N3O/c1-22-13-27-12-19(22)18-10-17(9-15-6-4-8-29(14-22)21(15)18)28-11-16-5-2-3-7-20(16)30-23(24,25)26/h2-3,5,7,9-10,19,27-28H,4,6,8,11-14H2,1H3/t19-,22?/m0/s1. The number of hydrogen-bond acceptors (Lipinski definition) is 4. The Labute approximate surface area is 174 Å². The van der Waals surface area contributed by atoms with Gasteiger partial charge in [0.05, 0.1) is 0 Å². The molecule has 160 valence electrons. The first-order valence-electron chi connectivity index (χ1n) is 10.5. The minimum Gasteiger partial charge on any atom is -0.405 e. The smallest absolute Gasteiger partial charge is 0.405 e. The van der Waals surface area contributed by atoms with Crippen LogP contribution in [0.4, 0.5) is 24.5 Å². The van der Waals surface area contributed by atoms with Crippen LogP contribution in [0.1, 0.15) is 36.0 Å². The van der Waals surface area contributed by atoms with Crippen molar-refractivity contribution in [3.05, 3.63) is 53.1 Å². The largest absolute Gasteiger partial charge is 0.573 e. The summed E-state index contributed by atoms with van der Waals surface area (Å²) in [5.74, 6) is 0.304. The normalized spacial score (nSPS) is 24.9. The lowest BCUT2D eigenvalue weighted by molar-refractivity contribution is -0.274. The number of anilines is 2. The first-order valence-corrected chi connectivity index (χ1v) is 10.5. The monoisotopic (exact) mass is 417 g/mol. The molecule has 1 saturated heterocycles. The second kappa shape index (κ2) is 7.08. The molecule has 1 unspecified atom stereocenters. The molecule has 0 aliphatic carbocycles. The van der Waals surface area contributed by atoms with E-state index in [0.29, 0.717) is 11.5 Å². The molecule has 0 amide bonds. The van der Waals surface area contributed by atoms with E-state index in [0.717, 1.165) is 44.7 Å². The Morgan fingerprint density at radius 1 is 1.27 bits per heavy atom. The van der Waals surface area contributed by atoms with E-state index in [9.17, 15) is 13.2 Å². The van der Waals surface area contributed by atoms with Crippen LogP contribution in [0, 0.1) is 5.41 Å². The van der Waals surface area contributed by atoms with Crippen molar-refractivity contribution in [1.82, 2.24) is 5.32 Å². The summed E-state index contributed by atoms with van der Waals surface area (Å²) in [6.45, 7) is 6.80. The molecule has 0 radical (unpaired) electrons. The maximum Gasteiger partial charge on any atom is 0.573 e. The highest BCUT2D eigenvalue weighted by Gasteiger charge is 2.47. The SMILES string of the molecule is CC12CNC[C@H]1c1cc(NCc3ccccc3OC(F)(F)F)cc3c1N(CCC3)C2. The van der Waals surface area contributed by atoms with Gasteiger partial charge in [0.1, 0.15) is 5.75 Å². The molecular weight excluding hydrogens is 391 g/mol. The molecule has 3 aliphatic rings. The van der Waals surface area contributed by atoms with Crippen LogP contribution < -0.4 is 20.3 Å². The Hall–Kier alpha value is -2.41. The van der Waals surface area contributed by atoms with E-state index < -0.39 is 6.36 Å². The third-order valence-corrected chi connectivity index (χ3v) is 6.74. The van der Waals surface area contributed by atoms with Crippen molar-refractivity contribution < 1.29 is 17.9 Å². The van der Waals surface area contributed by atoms with Crippen molar-refractivity contribution >= 4 is 11.4 Å². The third kappa shape index (κ3) is 3.49. The van der Waals surface area contributed by atoms with Crippen molar-refractivity contribution in [2.45, 2.75) is 38.6 Å². The van der Waals surface area contributed by atoms with Gasteiger partial charge in [-0.25, -0.2) is 0 Å². The molecule has 1 fully saturated rings. The first-order chi connectivity index (χ1) is 14.3. The maximum atomic E-state index is 12.7. The molecule has 0 bridgehead atoms. The van der Waals surface area contributed by atoms with E-state index in [2.05, 4.69) is 39.3 Å². The zero-order chi connectivity index (χ0) is 20.9. The van der Waals surface area contributed by atoms with E-state index in [1.54, 1.807) is 18.2 Å². The van der Waals surface area contributed by atoms with Gasteiger partial charge in [-0.1, -0.05) is 25.1 Å². The number of fused-ring (bicyclic) bond motifs is 2. The number of benzene rings is 2. The van der Waals surface area contributed by atoms with Gasteiger partial charge in [0, 0.05) is 61.0 Å². The zero-order valence-electron chi connectivity index (χ0n) is 17.0. The van der Waals surface area contributed by atoms with Gasteiger partial charge in [0.15, 0.2) is 0 Å². The summed E-state index contributed by atoms with van der Waals surface area (Å²) < 4.78 is 42.4. The number of alkyl halides is 3. The molecule has 5 rings (SSSR count). The minimum atomic E-state index is -4.70. The van der Waals surface area contributed by atoms with Crippen LogP contribution in [0.2, 0.25) is 0 Å². The number of nitrogens with zero attached hydrogens (tertiary/aromatic N) is 1. The summed E-state index contributed by atoms with van der Waals surface area (Å²) in [4.78, 5) is 2.54. The lowest BCUT2D eigenvalue weighted by atomic mass is 9.70. The van der Waals surface area contributed by atoms with E-state index in [-0.39, 0.29) is 17.7 Å². The summed E-state index contributed by atoms with van der Waals surface area (Å²) in [6.07, 6.45) is -2.53. The summed E-state index contributed by atoms with van der Waals surface area (Å²) >= 11 is 0. The van der Waals surface area contributed by atoms with Gasteiger partial charge >= 0.3 is 6.36 Å². The Kier molecular flexibility index (Phi) is 4.61. The Balaban J connectivity index is 1.44. The number of halogens is 3. The lowest BCUT2D eigenvalue weighted by Gasteiger charge is -2.47. The van der Waals surface area contributed by atoms with Crippen LogP contribution in [0.5, 0.6) is 5.75 Å². The summed E-state index contributed by atoms with van der Waals surface area (Å²) in [5.41, 5.74) is 5.76. The van der Waals surface area contributed by atoms with Crippen LogP contribution in [0.3, 0.4) is 0 Å². The summed E-state index contributed by atoms with van der Waals surface area (Å²) in [5, 5.41) is 6.92. The van der Waals surface area contributed by atoms with E-state index in [1.807, 2.05) is 0 Å². The molecule has 2 N–H and O–H groups in total. The van der Waals surface area contributed by atoms with Crippen molar-refractivity contribution in [3.63, 3.8) is 0 Å². The van der Waals surface area contributed by atoms with Gasteiger partial charge < -0.3 is 20.3 Å². The fourth-order valence-electron chi connectivity index (χ4n) is 5.42. The average molecular weight is 417 g/mol. The Morgan fingerprint density at radius 2 is 2.10 bits per heavy atom. The van der Waals surface area contributed by atoms with Gasteiger partial charge in [-0.2, -0.15) is 0 Å². The fourth-order valence-corrected chi connectivity index (χ4v) is 5.42. The van der Waals surface area contributed by atoms with Crippen LogP contribution in [0.25, 0.3) is 0 Å². The number of nitrogens with one attached hydrogen (secondary N) is 2. The second-order valence-corrected chi connectivity index (χ2v) is 8.94. The van der Waals surface area contributed by atoms with Crippen molar-refractivity contribution in [2.24, 2.45) is 5.41 Å². The molecule has 4 nitrogen and oxygen atoms in total. The summed E-state index contributed by atoms with van der Waals surface area (Å²) in [7, 11) is 0. The van der Waals surface area contributed by atoms with E-state index in [1.165, 1.54) is 22.9 Å². The number of para-hydroxylation sites is 1. The molecule has 3 heterocycles. The van der Waals surface area contributed by atoms with Gasteiger partial charge in [-0.15, -0.1) is 13.2 Å². The number of ether oxygens (including phenoxy) is 1. The predicted octanol–water partition coefficient (Wildman–Crippen LogP) is 4.66. The number of hydrogen-bond donors (Lipinski definition) is 2. The number of aryl methyl sites for hydroxylation is 1. The van der Waals surface area contributed by atoms with Crippen LogP contribution in [-0.4, -0.2) is 32.5 Å². The van der Waals surface area contributed by atoms with Gasteiger partial charge in [0.2, 0.25) is 0 Å². The highest BCUT2D eigenvalue weighted by Crippen LogP contribution is 2.51. The Morgan fingerprint density at radius 3 is 2.93 bits per heavy atom. The van der Waals surface area contributed by atoms with Gasteiger partial charge in [0.25, 0.3) is 0 Å². The second-order valence-electron chi connectivity index (χ2n) is 8.94. The van der Waals surface area contributed by atoms with Gasteiger partial charge in [-0.3, -0.25) is 0 Å². The molecule has 3 aliphatic heterocycles. The molecule has 0 spiro atoms. The van der Waals surface area contributed by atoms with Crippen molar-refractivity contribution in [3.8, 4) is 5.75 Å². The lowest BCUT2D eigenvalue weighted by Crippen LogP contribution is -2.47. The number of rotatable bonds is 4. The zero-order valence-corrected chi connectivity index (χ0v) is 17.0. The maximum absolute atomic E-state index is 12.7. The minimum absolute atomic E-state index is 0.157. The van der Waals surface area contributed by atoms with Crippen LogP contribution >= 0.6 is 0 Å². The Bertz CT molecular complexity index is 961.